The van der Waals surface area contributed by atoms with Crippen molar-refractivity contribution in [2.24, 2.45) is 5.92 Å². The maximum Gasteiger partial charge on any atom is 0.417 e. The zero-order valence-electron chi connectivity index (χ0n) is 12.1. The molecule has 1 N–H and O–H groups in total. The number of hydrogen-bond acceptors (Lipinski definition) is 3. The van der Waals surface area contributed by atoms with Gasteiger partial charge in [0.05, 0.1) is 23.8 Å². The lowest BCUT2D eigenvalue weighted by Crippen LogP contribution is -2.58. The van der Waals surface area contributed by atoms with E-state index in [4.69, 9.17) is 4.74 Å². The van der Waals surface area contributed by atoms with Crippen LogP contribution in [0, 0.1) is 5.92 Å². The fourth-order valence-corrected chi connectivity index (χ4v) is 3.01. The highest BCUT2D eigenvalue weighted by Gasteiger charge is 2.39. The van der Waals surface area contributed by atoms with Crippen LogP contribution in [-0.4, -0.2) is 42.6 Å². The van der Waals surface area contributed by atoms with Gasteiger partial charge in [-0.25, -0.2) is 4.79 Å². The first kappa shape index (κ1) is 15.6. The van der Waals surface area contributed by atoms with E-state index >= 15 is 0 Å². The topological polar surface area (TPSA) is 58.6 Å². The summed E-state index contributed by atoms with van der Waals surface area (Å²) in [7, 11) is 0. The summed E-state index contributed by atoms with van der Waals surface area (Å²) >= 11 is 0. The number of benzene rings is 1. The molecular formula is C15H15F3N2O3. The number of rotatable bonds is 1. The smallest absolute Gasteiger partial charge is 0.417 e. The van der Waals surface area contributed by atoms with E-state index in [1.165, 1.54) is 23.1 Å². The quantitative estimate of drug-likeness (QED) is 0.860. The molecule has 1 aromatic rings. The average Bonchev–Trinajstić information content (AvgIpc) is 2.52. The summed E-state index contributed by atoms with van der Waals surface area (Å²) < 4.78 is 44.0. The van der Waals surface area contributed by atoms with Crippen molar-refractivity contribution in [3.05, 3.63) is 35.4 Å². The summed E-state index contributed by atoms with van der Waals surface area (Å²) in [6.07, 6.45) is -4.57. The number of cyclic esters (lactones) is 1. The number of alkyl carbamates (subject to hydrolysis) is 1. The second-order valence-electron chi connectivity index (χ2n) is 5.69. The van der Waals surface area contributed by atoms with E-state index in [9.17, 15) is 22.8 Å². The van der Waals surface area contributed by atoms with E-state index in [0.29, 0.717) is 13.0 Å². The Bertz CT molecular complexity index is 633. The fourth-order valence-electron chi connectivity index (χ4n) is 3.01. The van der Waals surface area contributed by atoms with Crippen molar-refractivity contribution >= 4 is 12.0 Å². The minimum atomic E-state index is -4.59. The first-order valence-corrected chi connectivity index (χ1v) is 7.25. The monoisotopic (exact) mass is 328 g/mol. The standard InChI is InChI=1S/C15H15F3N2O3/c16-15(17,18)11-4-2-1-3-10(11)13(21)20-6-5-9-8-23-14(22)19-12(9)7-20/h1-4,9,12H,5-8H2,(H,19,22)/t9-,12+/m0/s1. The van der Waals surface area contributed by atoms with Gasteiger partial charge in [-0.3, -0.25) is 4.79 Å². The predicted octanol–water partition coefficient (Wildman–Crippen LogP) is 2.28. The average molecular weight is 328 g/mol. The third-order valence-corrected chi connectivity index (χ3v) is 4.24. The number of alkyl halides is 3. The number of piperidine rings is 1. The Balaban J connectivity index is 1.80. The Labute approximate surface area is 130 Å². The van der Waals surface area contributed by atoms with Crippen LogP contribution >= 0.6 is 0 Å². The zero-order chi connectivity index (χ0) is 16.6. The van der Waals surface area contributed by atoms with Gasteiger partial charge in [-0.05, 0) is 18.6 Å². The minimum Gasteiger partial charge on any atom is -0.449 e. The Morgan fingerprint density at radius 1 is 1.30 bits per heavy atom. The number of carbonyl (C=O) groups is 2. The van der Waals surface area contributed by atoms with Gasteiger partial charge < -0.3 is 15.0 Å². The van der Waals surface area contributed by atoms with E-state index in [-0.39, 0.29) is 30.7 Å². The molecule has 1 aromatic carbocycles. The molecule has 5 nitrogen and oxygen atoms in total. The number of nitrogens with zero attached hydrogens (tertiary/aromatic N) is 1. The van der Waals surface area contributed by atoms with Crippen molar-refractivity contribution in [1.29, 1.82) is 0 Å². The van der Waals surface area contributed by atoms with E-state index in [2.05, 4.69) is 5.32 Å². The lowest BCUT2D eigenvalue weighted by molar-refractivity contribution is -0.138. The largest absolute Gasteiger partial charge is 0.449 e. The summed E-state index contributed by atoms with van der Waals surface area (Å²) in [6.45, 7) is 0.799. The SMILES string of the molecule is O=C1N[C@@H]2CN(C(=O)c3ccccc3C(F)(F)F)CC[C@H]2CO1. The molecular weight excluding hydrogens is 313 g/mol. The Kier molecular flexibility index (Phi) is 3.91. The van der Waals surface area contributed by atoms with Crippen LogP contribution in [-0.2, 0) is 10.9 Å². The Hall–Kier alpha value is -2.25. The number of amides is 2. The number of halogens is 3. The second-order valence-corrected chi connectivity index (χ2v) is 5.69. The minimum absolute atomic E-state index is 0.0783. The summed E-state index contributed by atoms with van der Waals surface area (Å²) in [5.74, 6) is -0.591. The molecule has 23 heavy (non-hydrogen) atoms. The summed E-state index contributed by atoms with van der Waals surface area (Å²) in [5.41, 5.74) is -1.31. The number of likely N-dealkylation sites (tertiary alicyclic amines) is 1. The molecule has 0 aliphatic carbocycles. The maximum absolute atomic E-state index is 13.1. The zero-order valence-corrected chi connectivity index (χ0v) is 12.1. The van der Waals surface area contributed by atoms with Crippen LogP contribution in [0.5, 0.6) is 0 Å². The molecule has 2 amide bonds. The fraction of sp³-hybridized carbons (Fsp3) is 0.467. The van der Waals surface area contributed by atoms with Crippen LogP contribution in [0.15, 0.2) is 24.3 Å². The molecule has 8 heteroatoms. The highest BCUT2D eigenvalue weighted by Crippen LogP contribution is 2.33. The molecule has 0 spiro atoms. The summed E-state index contributed by atoms with van der Waals surface area (Å²) in [6, 6.07) is 4.46. The molecule has 0 saturated carbocycles. The van der Waals surface area contributed by atoms with E-state index in [1.807, 2.05) is 0 Å². The third-order valence-electron chi connectivity index (χ3n) is 4.24. The molecule has 2 heterocycles. The number of carbonyl (C=O) groups excluding carboxylic acids is 2. The van der Waals surface area contributed by atoms with Crippen LogP contribution in [0.25, 0.3) is 0 Å². The number of fused-ring (bicyclic) bond motifs is 1. The summed E-state index contributed by atoms with van der Waals surface area (Å²) in [4.78, 5) is 25.1. The molecule has 2 saturated heterocycles. The molecule has 2 aliphatic rings. The van der Waals surface area contributed by atoms with Gasteiger partial charge >= 0.3 is 12.3 Å². The van der Waals surface area contributed by atoms with Gasteiger partial charge in [0.25, 0.3) is 5.91 Å². The number of hydrogen-bond donors (Lipinski definition) is 1. The van der Waals surface area contributed by atoms with Crippen molar-refractivity contribution < 1.29 is 27.5 Å². The van der Waals surface area contributed by atoms with E-state index in [1.54, 1.807) is 0 Å². The predicted molar refractivity (Wildman–Crippen MR) is 73.7 cm³/mol. The van der Waals surface area contributed by atoms with Crippen LogP contribution in [0.4, 0.5) is 18.0 Å². The van der Waals surface area contributed by atoms with Gasteiger partial charge in [0.2, 0.25) is 0 Å². The molecule has 0 aromatic heterocycles. The molecule has 2 atom stereocenters. The van der Waals surface area contributed by atoms with Crippen molar-refractivity contribution in [1.82, 2.24) is 10.2 Å². The van der Waals surface area contributed by atoms with Gasteiger partial charge in [0.15, 0.2) is 0 Å². The van der Waals surface area contributed by atoms with Gasteiger partial charge in [0, 0.05) is 19.0 Å². The van der Waals surface area contributed by atoms with Gasteiger partial charge in [-0.1, -0.05) is 12.1 Å². The second kappa shape index (κ2) is 5.75. The van der Waals surface area contributed by atoms with Crippen molar-refractivity contribution in [2.45, 2.75) is 18.6 Å². The molecule has 2 fully saturated rings. The Morgan fingerprint density at radius 2 is 2.04 bits per heavy atom. The molecule has 3 rings (SSSR count). The lowest BCUT2D eigenvalue weighted by Gasteiger charge is -2.41. The van der Waals surface area contributed by atoms with Crippen LogP contribution in [0.1, 0.15) is 22.3 Å². The maximum atomic E-state index is 13.1. The molecule has 124 valence electrons. The van der Waals surface area contributed by atoms with Crippen molar-refractivity contribution in [3.8, 4) is 0 Å². The number of nitrogens with one attached hydrogen (secondary N) is 1. The normalized spacial score (nSPS) is 24.5. The van der Waals surface area contributed by atoms with Gasteiger partial charge in [-0.15, -0.1) is 0 Å². The molecule has 0 unspecified atom stereocenters. The van der Waals surface area contributed by atoms with Gasteiger partial charge in [0.1, 0.15) is 0 Å². The molecule has 0 bridgehead atoms. The number of ether oxygens (including phenoxy) is 1. The van der Waals surface area contributed by atoms with Crippen molar-refractivity contribution in [2.75, 3.05) is 19.7 Å². The summed E-state index contributed by atoms with van der Waals surface area (Å²) in [5, 5.41) is 2.62. The van der Waals surface area contributed by atoms with Crippen molar-refractivity contribution in [3.63, 3.8) is 0 Å². The first-order chi connectivity index (χ1) is 10.9. The Morgan fingerprint density at radius 3 is 2.78 bits per heavy atom. The highest BCUT2D eigenvalue weighted by molar-refractivity contribution is 5.96. The van der Waals surface area contributed by atoms with Gasteiger partial charge in [-0.2, -0.15) is 13.2 Å². The molecule has 2 aliphatic heterocycles. The lowest BCUT2D eigenvalue weighted by atomic mass is 9.91. The van der Waals surface area contributed by atoms with Crippen LogP contribution < -0.4 is 5.32 Å². The molecule has 0 radical (unpaired) electrons. The van der Waals surface area contributed by atoms with Crippen LogP contribution in [0.2, 0.25) is 0 Å². The van der Waals surface area contributed by atoms with Crippen LogP contribution in [0.3, 0.4) is 0 Å². The first-order valence-electron chi connectivity index (χ1n) is 7.25. The highest BCUT2D eigenvalue weighted by atomic mass is 19.4. The van der Waals surface area contributed by atoms with E-state index in [0.717, 1.165) is 6.07 Å². The third kappa shape index (κ3) is 3.11. The van der Waals surface area contributed by atoms with E-state index < -0.39 is 23.7 Å².